The average molecular weight is 495 g/mol. The second-order valence-corrected chi connectivity index (χ2v) is 8.63. The third kappa shape index (κ3) is 3.51. The number of nitrogens with zero attached hydrogens (tertiary/aromatic N) is 2. The molecular formula is C28H22N4O5. The van der Waals surface area contributed by atoms with Crippen LogP contribution in [0.5, 0.6) is 11.5 Å². The number of para-hydroxylation sites is 1. The first-order chi connectivity index (χ1) is 18.0. The maximum Gasteiger partial charge on any atom is 0.302 e. The molecule has 1 saturated heterocycles. The van der Waals surface area contributed by atoms with Crippen molar-refractivity contribution < 1.29 is 24.2 Å². The van der Waals surface area contributed by atoms with Crippen LogP contribution in [0.3, 0.4) is 0 Å². The highest BCUT2D eigenvalue weighted by molar-refractivity contribution is 6.51. The Bertz CT molecular complexity index is 1710. The third-order valence-electron chi connectivity index (χ3n) is 6.63. The summed E-state index contributed by atoms with van der Waals surface area (Å²) in [6.45, 7) is 0. The van der Waals surface area contributed by atoms with Gasteiger partial charge in [0, 0.05) is 28.7 Å². The smallest absolute Gasteiger partial charge is 0.302 e. The molecule has 3 aromatic carbocycles. The summed E-state index contributed by atoms with van der Waals surface area (Å²) in [5.74, 6) is -0.445. The van der Waals surface area contributed by atoms with Crippen molar-refractivity contribution in [1.82, 2.24) is 15.0 Å². The summed E-state index contributed by atoms with van der Waals surface area (Å²) in [5, 5.41) is 12.2. The van der Waals surface area contributed by atoms with Crippen molar-refractivity contribution in [2.45, 2.75) is 6.04 Å². The zero-order chi connectivity index (χ0) is 25.7. The lowest BCUT2D eigenvalue weighted by atomic mass is 9.95. The van der Waals surface area contributed by atoms with E-state index < -0.39 is 17.7 Å². The number of aliphatic hydroxyl groups excluding tert-OH is 1. The molecule has 1 fully saturated rings. The minimum atomic E-state index is -0.929. The third-order valence-corrected chi connectivity index (χ3v) is 6.63. The number of hydrogen-bond donors (Lipinski definition) is 3. The zero-order valence-corrected chi connectivity index (χ0v) is 20.0. The van der Waals surface area contributed by atoms with E-state index in [4.69, 9.17) is 9.47 Å². The van der Waals surface area contributed by atoms with E-state index in [0.29, 0.717) is 33.7 Å². The number of imidazole rings is 1. The van der Waals surface area contributed by atoms with Gasteiger partial charge in [-0.1, -0.05) is 30.3 Å². The monoisotopic (exact) mass is 494 g/mol. The molecule has 0 saturated carbocycles. The molecule has 3 heterocycles. The number of H-pyrrole nitrogens is 2. The van der Waals surface area contributed by atoms with E-state index in [1.165, 1.54) is 4.90 Å². The lowest BCUT2D eigenvalue weighted by Gasteiger charge is -2.23. The highest BCUT2D eigenvalue weighted by atomic mass is 16.5. The fourth-order valence-electron chi connectivity index (χ4n) is 4.78. The average Bonchev–Trinajstić information content (AvgIpc) is 3.62. The fourth-order valence-corrected chi connectivity index (χ4v) is 4.78. The van der Waals surface area contributed by atoms with E-state index >= 15 is 0 Å². The Morgan fingerprint density at radius 3 is 2.43 bits per heavy atom. The van der Waals surface area contributed by atoms with Crippen LogP contribution in [0.1, 0.15) is 17.2 Å². The number of hydrogen-bond acceptors (Lipinski definition) is 6. The molecule has 2 aromatic heterocycles. The van der Waals surface area contributed by atoms with Gasteiger partial charge in [-0.2, -0.15) is 0 Å². The number of anilines is 1. The summed E-state index contributed by atoms with van der Waals surface area (Å²) in [7, 11) is 3.12. The SMILES string of the molecule is COc1ccc(C2/C(=C(\O)c3c[nH]c4ccccc34)C(=O)C(=O)N2c2nc3ccc(OC)cc3[nH]2)cc1. The first-order valence-corrected chi connectivity index (χ1v) is 11.6. The van der Waals surface area contributed by atoms with Gasteiger partial charge < -0.3 is 24.5 Å². The number of aliphatic hydroxyl groups is 1. The molecule has 3 N–H and O–H groups in total. The van der Waals surface area contributed by atoms with Gasteiger partial charge in [0.2, 0.25) is 5.95 Å². The topological polar surface area (TPSA) is 121 Å². The molecule has 184 valence electrons. The summed E-state index contributed by atoms with van der Waals surface area (Å²) in [5.41, 5.74) is 3.05. The zero-order valence-electron chi connectivity index (χ0n) is 20.0. The van der Waals surface area contributed by atoms with Crippen molar-refractivity contribution in [1.29, 1.82) is 0 Å². The summed E-state index contributed by atoms with van der Waals surface area (Å²) < 4.78 is 10.6. The van der Waals surface area contributed by atoms with E-state index in [1.54, 1.807) is 62.9 Å². The van der Waals surface area contributed by atoms with Crippen LogP contribution < -0.4 is 14.4 Å². The molecule has 0 aliphatic carbocycles. The van der Waals surface area contributed by atoms with Crippen LogP contribution in [-0.2, 0) is 9.59 Å². The number of fused-ring (bicyclic) bond motifs is 2. The second kappa shape index (κ2) is 8.56. The maximum atomic E-state index is 13.5. The van der Waals surface area contributed by atoms with Crippen LogP contribution in [0.15, 0.2) is 78.5 Å². The molecular weight excluding hydrogens is 472 g/mol. The molecule has 0 bridgehead atoms. The van der Waals surface area contributed by atoms with E-state index in [1.807, 2.05) is 24.3 Å². The van der Waals surface area contributed by atoms with Gasteiger partial charge in [0.15, 0.2) is 0 Å². The van der Waals surface area contributed by atoms with Gasteiger partial charge in [-0.25, -0.2) is 4.98 Å². The molecule has 0 radical (unpaired) electrons. The Morgan fingerprint density at radius 2 is 1.68 bits per heavy atom. The Balaban J connectivity index is 1.57. The van der Waals surface area contributed by atoms with Gasteiger partial charge in [0.25, 0.3) is 5.78 Å². The molecule has 0 spiro atoms. The number of aromatic amines is 2. The first-order valence-electron chi connectivity index (χ1n) is 11.6. The highest BCUT2D eigenvalue weighted by Crippen LogP contribution is 2.43. The van der Waals surface area contributed by atoms with Gasteiger partial charge in [0.05, 0.1) is 36.9 Å². The number of Topliss-reactive ketones (excluding diaryl/α,β-unsaturated/α-hetero) is 1. The Kier molecular flexibility index (Phi) is 5.19. The molecule has 1 atom stereocenters. The number of rotatable bonds is 5. The minimum absolute atomic E-state index is 0.0297. The van der Waals surface area contributed by atoms with Crippen LogP contribution in [0.2, 0.25) is 0 Å². The van der Waals surface area contributed by atoms with Gasteiger partial charge in [-0.15, -0.1) is 0 Å². The molecule has 1 aliphatic heterocycles. The Hall–Kier alpha value is -5.05. The van der Waals surface area contributed by atoms with E-state index in [0.717, 1.165) is 10.9 Å². The number of amides is 1. The standard InChI is InChI=1S/C28H22N4O5/c1-36-16-9-7-15(8-10-16)24-23(25(33)19-14-29-20-6-4-3-5-18(19)20)26(34)27(35)32(24)28-30-21-12-11-17(37-2)13-22(21)31-28/h3-14,24,29,33H,1-2H3,(H,30,31)/b25-23+. The largest absolute Gasteiger partial charge is 0.507 e. The number of methoxy groups -OCH3 is 2. The molecule has 5 aromatic rings. The highest BCUT2D eigenvalue weighted by Gasteiger charge is 2.48. The van der Waals surface area contributed by atoms with Crippen molar-refractivity contribution in [2.24, 2.45) is 0 Å². The van der Waals surface area contributed by atoms with E-state index in [-0.39, 0.29) is 17.3 Å². The molecule has 6 rings (SSSR count). The van der Waals surface area contributed by atoms with E-state index in [9.17, 15) is 14.7 Å². The normalized spacial score (nSPS) is 17.1. The number of benzene rings is 3. The van der Waals surface area contributed by atoms with Crippen LogP contribution in [0.4, 0.5) is 5.95 Å². The first kappa shape index (κ1) is 22.4. The maximum absolute atomic E-state index is 13.5. The fraction of sp³-hybridized carbons (Fsp3) is 0.107. The number of ketones is 1. The number of ether oxygens (including phenoxy) is 2. The van der Waals surface area contributed by atoms with Crippen molar-refractivity contribution in [3.05, 3.63) is 89.6 Å². The van der Waals surface area contributed by atoms with Crippen molar-refractivity contribution >= 4 is 45.3 Å². The van der Waals surface area contributed by atoms with Gasteiger partial charge >= 0.3 is 5.91 Å². The summed E-state index contributed by atoms with van der Waals surface area (Å²) >= 11 is 0. The van der Waals surface area contributed by atoms with Crippen molar-refractivity contribution in [2.75, 3.05) is 19.1 Å². The molecule has 1 aliphatic rings. The Labute approximate surface area is 211 Å². The molecule has 1 unspecified atom stereocenters. The molecule has 1 amide bonds. The number of nitrogens with one attached hydrogen (secondary N) is 2. The van der Waals surface area contributed by atoms with Gasteiger partial charge in [-0.3, -0.25) is 14.5 Å². The summed E-state index contributed by atoms with van der Waals surface area (Å²) in [6, 6.07) is 18.8. The predicted molar refractivity (Wildman–Crippen MR) is 139 cm³/mol. The van der Waals surface area contributed by atoms with Crippen LogP contribution in [-0.4, -0.2) is 46.0 Å². The predicted octanol–water partition coefficient (Wildman–Crippen LogP) is 4.69. The quantitative estimate of drug-likeness (QED) is 0.185. The number of carbonyl (C=O) groups is 2. The molecule has 9 heteroatoms. The molecule has 37 heavy (non-hydrogen) atoms. The molecule has 9 nitrogen and oxygen atoms in total. The number of aromatic nitrogens is 3. The lowest BCUT2D eigenvalue weighted by molar-refractivity contribution is -0.132. The van der Waals surface area contributed by atoms with Crippen LogP contribution in [0.25, 0.3) is 27.7 Å². The van der Waals surface area contributed by atoms with Crippen molar-refractivity contribution in [3.8, 4) is 11.5 Å². The van der Waals surface area contributed by atoms with Crippen molar-refractivity contribution in [3.63, 3.8) is 0 Å². The van der Waals surface area contributed by atoms with Crippen LogP contribution >= 0.6 is 0 Å². The van der Waals surface area contributed by atoms with Gasteiger partial charge in [0.1, 0.15) is 17.3 Å². The lowest BCUT2D eigenvalue weighted by Crippen LogP contribution is -2.30. The number of carbonyl (C=O) groups excluding carboxylic acids is 2. The van der Waals surface area contributed by atoms with Crippen LogP contribution in [0, 0.1) is 0 Å². The summed E-state index contributed by atoms with van der Waals surface area (Å²) in [6.07, 6.45) is 1.63. The van der Waals surface area contributed by atoms with Gasteiger partial charge in [-0.05, 0) is 35.9 Å². The minimum Gasteiger partial charge on any atom is -0.507 e. The van der Waals surface area contributed by atoms with E-state index in [2.05, 4.69) is 15.0 Å². The summed E-state index contributed by atoms with van der Waals surface area (Å²) in [4.78, 5) is 39.1. The Morgan fingerprint density at radius 1 is 0.946 bits per heavy atom. The second-order valence-electron chi connectivity index (χ2n) is 8.63.